The van der Waals surface area contributed by atoms with Crippen molar-refractivity contribution in [3.05, 3.63) is 59.7 Å². The van der Waals surface area contributed by atoms with E-state index in [4.69, 9.17) is 10.00 Å². The minimum Gasteiger partial charge on any atom is -0.482 e. The van der Waals surface area contributed by atoms with Crippen LogP contribution in [0.25, 0.3) is 0 Å². The second kappa shape index (κ2) is 8.60. The van der Waals surface area contributed by atoms with E-state index in [-0.39, 0.29) is 6.61 Å². The molecule has 0 unspecified atom stereocenters. The summed E-state index contributed by atoms with van der Waals surface area (Å²) in [5, 5.41) is 8.93. The smallest absolute Gasteiger partial charge is 0.276 e. The Labute approximate surface area is 143 Å². The number of ether oxygens (including phenoxy) is 1. The minimum absolute atomic E-state index is 0.314. The molecule has 2 rings (SSSR count). The number of nitrogens with one attached hydrogen (secondary N) is 2. The number of carbonyl (C=O) groups is 2. The van der Waals surface area contributed by atoms with Crippen LogP contribution in [0.3, 0.4) is 0 Å². The van der Waals surface area contributed by atoms with Crippen molar-refractivity contribution < 1.29 is 14.3 Å². The fourth-order valence-corrected chi connectivity index (χ4v) is 2.21. The Kier molecular flexibility index (Phi) is 6.23. The van der Waals surface area contributed by atoms with E-state index < -0.39 is 11.8 Å². The Bertz CT molecular complexity index is 769. The number of para-hydroxylation sites is 1. The number of nitriles is 1. The molecule has 7 heteroatoms. The third-order valence-corrected chi connectivity index (χ3v) is 3.78. The SMILES string of the molecule is CSc1ccc(C(=O)NNC(=O)COc2ccccc2C#N)cc1. The lowest BCUT2D eigenvalue weighted by Crippen LogP contribution is -2.43. The second-order valence-electron chi connectivity index (χ2n) is 4.63. The van der Waals surface area contributed by atoms with Crippen LogP contribution in [0, 0.1) is 11.3 Å². The summed E-state index contributed by atoms with van der Waals surface area (Å²) < 4.78 is 5.27. The molecule has 0 aromatic heterocycles. The molecule has 2 aromatic rings. The minimum atomic E-state index is -0.531. The van der Waals surface area contributed by atoms with Crippen molar-refractivity contribution in [2.75, 3.05) is 12.9 Å². The molecule has 0 aliphatic carbocycles. The van der Waals surface area contributed by atoms with E-state index in [1.165, 1.54) is 0 Å². The van der Waals surface area contributed by atoms with Gasteiger partial charge in [-0.3, -0.25) is 20.4 Å². The van der Waals surface area contributed by atoms with E-state index in [1.807, 2.05) is 24.5 Å². The molecule has 2 amide bonds. The Morgan fingerprint density at radius 2 is 1.83 bits per heavy atom. The van der Waals surface area contributed by atoms with E-state index in [0.29, 0.717) is 16.9 Å². The number of hydrazine groups is 1. The van der Waals surface area contributed by atoms with Gasteiger partial charge in [-0.25, -0.2) is 0 Å². The van der Waals surface area contributed by atoms with E-state index in [2.05, 4.69) is 10.9 Å². The molecule has 0 bridgehead atoms. The van der Waals surface area contributed by atoms with Crippen molar-refractivity contribution in [3.8, 4) is 11.8 Å². The highest BCUT2D eigenvalue weighted by Crippen LogP contribution is 2.16. The fraction of sp³-hybridized carbons (Fsp3) is 0.118. The number of rotatable bonds is 5. The maximum Gasteiger partial charge on any atom is 0.276 e. The third kappa shape index (κ3) is 4.76. The molecule has 0 fully saturated rings. The summed E-state index contributed by atoms with van der Waals surface area (Å²) in [5.41, 5.74) is 5.35. The molecule has 122 valence electrons. The molecule has 0 radical (unpaired) electrons. The number of nitrogens with zero attached hydrogens (tertiary/aromatic N) is 1. The molecule has 0 atom stereocenters. The summed E-state index contributed by atoms with van der Waals surface area (Å²) in [4.78, 5) is 24.7. The monoisotopic (exact) mass is 341 g/mol. The maximum atomic E-state index is 11.9. The number of benzene rings is 2. The van der Waals surface area contributed by atoms with Crippen LogP contribution < -0.4 is 15.6 Å². The molecule has 0 heterocycles. The van der Waals surface area contributed by atoms with Gasteiger partial charge in [0, 0.05) is 10.5 Å². The van der Waals surface area contributed by atoms with Gasteiger partial charge in [-0.2, -0.15) is 5.26 Å². The molecule has 0 aliphatic heterocycles. The number of thioether (sulfide) groups is 1. The van der Waals surface area contributed by atoms with E-state index in [9.17, 15) is 9.59 Å². The molecule has 2 aromatic carbocycles. The first kappa shape index (κ1) is 17.4. The van der Waals surface area contributed by atoms with Gasteiger partial charge in [-0.1, -0.05) is 12.1 Å². The zero-order valence-corrected chi connectivity index (χ0v) is 13.7. The van der Waals surface area contributed by atoms with Crippen LogP contribution in [0.2, 0.25) is 0 Å². The maximum absolute atomic E-state index is 11.9. The molecule has 0 spiro atoms. The lowest BCUT2D eigenvalue weighted by molar-refractivity contribution is -0.123. The zero-order valence-electron chi connectivity index (χ0n) is 12.9. The Morgan fingerprint density at radius 3 is 2.50 bits per heavy atom. The van der Waals surface area contributed by atoms with Crippen LogP contribution in [0.4, 0.5) is 0 Å². The summed E-state index contributed by atoms with van der Waals surface area (Å²) in [6, 6.07) is 15.6. The van der Waals surface area contributed by atoms with Gasteiger partial charge >= 0.3 is 0 Å². The normalized spacial score (nSPS) is 9.67. The van der Waals surface area contributed by atoms with Crippen LogP contribution in [0.15, 0.2) is 53.4 Å². The van der Waals surface area contributed by atoms with Crippen molar-refractivity contribution in [3.63, 3.8) is 0 Å². The zero-order chi connectivity index (χ0) is 17.4. The molecule has 0 aliphatic rings. The summed E-state index contributed by atoms with van der Waals surface area (Å²) in [6.07, 6.45) is 1.94. The Hall–Kier alpha value is -2.98. The quantitative estimate of drug-likeness (QED) is 0.642. The van der Waals surface area contributed by atoms with Crippen molar-refractivity contribution in [2.45, 2.75) is 4.90 Å². The van der Waals surface area contributed by atoms with Gasteiger partial charge in [0.15, 0.2) is 6.61 Å². The number of hydrogen-bond acceptors (Lipinski definition) is 5. The van der Waals surface area contributed by atoms with Crippen molar-refractivity contribution >= 4 is 23.6 Å². The molecular weight excluding hydrogens is 326 g/mol. The summed E-state index contributed by atoms with van der Waals surface area (Å²) in [5.74, 6) is -0.639. The molecule has 24 heavy (non-hydrogen) atoms. The van der Waals surface area contributed by atoms with Gasteiger partial charge in [0.2, 0.25) is 0 Å². The van der Waals surface area contributed by atoms with Gasteiger partial charge in [0.05, 0.1) is 5.56 Å². The number of amides is 2. The summed E-state index contributed by atoms with van der Waals surface area (Å²) in [7, 11) is 0. The molecule has 2 N–H and O–H groups in total. The average Bonchev–Trinajstić information content (AvgIpc) is 2.64. The topological polar surface area (TPSA) is 91.2 Å². The van der Waals surface area contributed by atoms with Crippen LogP contribution in [0.1, 0.15) is 15.9 Å². The molecular formula is C17H15N3O3S. The van der Waals surface area contributed by atoms with Crippen molar-refractivity contribution in [1.82, 2.24) is 10.9 Å². The fourth-order valence-electron chi connectivity index (χ4n) is 1.81. The van der Waals surface area contributed by atoms with E-state index in [1.54, 1.807) is 48.2 Å². The lowest BCUT2D eigenvalue weighted by atomic mass is 10.2. The second-order valence-corrected chi connectivity index (χ2v) is 5.51. The lowest BCUT2D eigenvalue weighted by Gasteiger charge is -2.09. The highest BCUT2D eigenvalue weighted by molar-refractivity contribution is 7.98. The first-order valence-corrected chi connectivity index (χ1v) is 8.21. The third-order valence-electron chi connectivity index (χ3n) is 3.03. The van der Waals surface area contributed by atoms with E-state index in [0.717, 1.165) is 4.90 Å². The van der Waals surface area contributed by atoms with Crippen molar-refractivity contribution in [2.24, 2.45) is 0 Å². The Morgan fingerprint density at radius 1 is 1.12 bits per heavy atom. The van der Waals surface area contributed by atoms with Crippen LogP contribution in [0.5, 0.6) is 5.75 Å². The standard InChI is InChI=1S/C17H15N3O3S/c1-24-14-8-6-12(7-9-14)17(22)20-19-16(21)11-23-15-5-3-2-4-13(15)10-18/h2-9H,11H2,1H3,(H,19,21)(H,20,22). The van der Waals surface area contributed by atoms with Crippen molar-refractivity contribution in [1.29, 1.82) is 5.26 Å². The first-order valence-electron chi connectivity index (χ1n) is 6.99. The van der Waals surface area contributed by atoms with Gasteiger partial charge in [0.25, 0.3) is 11.8 Å². The van der Waals surface area contributed by atoms with Gasteiger partial charge in [-0.15, -0.1) is 11.8 Å². The van der Waals surface area contributed by atoms with Crippen LogP contribution in [-0.4, -0.2) is 24.7 Å². The predicted octanol–water partition coefficient (Wildman–Crippen LogP) is 2.12. The highest BCUT2D eigenvalue weighted by atomic mass is 32.2. The molecule has 6 nitrogen and oxygen atoms in total. The predicted molar refractivity (Wildman–Crippen MR) is 90.5 cm³/mol. The average molecular weight is 341 g/mol. The van der Waals surface area contributed by atoms with Gasteiger partial charge < -0.3 is 4.74 Å². The molecule has 0 saturated carbocycles. The number of hydrogen-bond donors (Lipinski definition) is 2. The van der Waals surface area contributed by atoms with E-state index >= 15 is 0 Å². The molecule has 0 saturated heterocycles. The summed E-state index contributed by atoms with van der Waals surface area (Å²) >= 11 is 1.57. The van der Waals surface area contributed by atoms with Gasteiger partial charge in [-0.05, 0) is 42.7 Å². The van der Waals surface area contributed by atoms with Crippen LogP contribution in [-0.2, 0) is 4.79 Å². The largest absolute Gasteiger partial charge is 0.482 e. The highest BCUT2D eigenvalue weighted by Gasteiger charge is 2.09. The van der Waals surface area contributed by atoms with Crippen LogP contribution >= 0.6 is 11.8 Å². The first-order chi connectivity index (χ1) is 11.6. The van der Waals surface area contributed by atoms with Gasteiger partial charge in [0.1, 0.15) is 11.8 Å². The Balaban J connectivity index is 1.82. The number of carbonyl (C=O) groups excluding carboxylic acids is 2. The summed E-state index contributed by atoms with van der Waals surface area (Å²) in [6.45, 7) is -0.315.